The molecule has 1 aliphatic heterocycles. The van der Waals surface area contributed by atoms with Crippen molar-refractivity contribution in [1.82, 2.24) is 9.80 Å². The van der Waals surface area contributed by atoms with Crippen molar-refractivity contribution in [1.29, 1.82) is 0 Å². The molecule has 0 aliphatic carbocycles. The van der Waals surface area contributed by atoms with Crippen LogP contribution >= 0.6 is 0 Å². The van der Waals surface area contributed by atoms with E-state index in [4.69, 9.17) is 4.74 Å². The molecule has 0 unspecified atom stereocenters. The van der Waals surface area contributed by atoms with Gasteiger partial charge in [0.25, 0.3) is 0 Å². The number of nitrogens with zero attached hydrogens (tertiary/aromatic N) is 2. The maximum absolute atomic E-state index is 12.6. The van der Waals surface area contributed by atoms with Crippen LogP contribution < -0.4 is 4.74 Å². The third kappa shape index (κ3) is 5.83. The van der Waals surface area contributed by atoms with E-state index in [2.05, 4.69) is 42.2 Å². The van der Waals surface area contributed by atoms with Gasteiger partial charge in [0.05, 0.1) is 13.1 Å². The lowest BCUT2D eigenvalue weighted by Gasteiger charge is -2.33. The van der Waals surface area contributed by atoms with Gasteiger partial charge in [-0.1, -0.05) is 48.0 Å². The molecule has 1 amide bonds. The molecule has 0 N–H and O–H groups in total. The molecule has 4 nitrogen and oxygen atoms in total. The van der Waals surface area contributed by atoms with E-state index in [9.17, 15) is 4.79 Å². The maximum Gasteiger partial charge on any atom is 0.236 e. The molecule has 2 aromatic rings. The number of benzene rings is 2. The molecule has 0 bridgehead atoms. The second-order valence-corrected chi connectivity index (χ2v) is 7.46. The SMILES string of the molecule is Cc1ccc(OCCN(C)C(=O)CN2CCC[C@@H](c3ccccc3)C2)cc1. The van der Waals surface area contributed by atoms with E-state index in [-0.39, 0.29) is 5.91 Å². The van der Waals surface area contributed by atoms with Crippen LogP contribution in [0.4, 0.5) is 0 Å². The van der Waals surface area contributed by atoms with Crippen molar-refractivity contribution in [2.75, 3.05) is 39.8 Å². The number of carbonyl (C=O) groups is 1. The summed E-state index contributed by atoms with van der Waals surface area (Å²) in [6.45, 7) is 5.62. The lowest BCUT2D eigenvalue weighted by molar-refractivity contribution is -0.131. The van der Waals surface area contributed by atoms with Crippen LogP contribution in [-0.4, -0.2) is 55.5 Å². The van der Waals surface area contributed by atoms with E-state index < -0.39 is 0 Å². The van der Waals surface area contributed by atoms with Crippen molar-refractivity contribution in [3.63, 3.8) is 0 Å². The zero-order chi connectivity index (χ0) is 19.1. The molecule has 0 spiro atoms. The summed E-state index contributed by atoms with van der Waals surface area (Å²) in [7, 11) is 1.86. The number of rotatable bonds is 7. The molecule has 1 saturated heterocycles. The summed E-state index contributed by atoms with van der Waals surface area (Å²) in [5.74, 6) is 1.54. The number of likely N-dealkylation sites (tertiary alicyclic amines) is 1. The first-order chi connectivity index (χ1) is 13.1. The van der Waals surface area contributed by atoms with Crippen molar-refractivity contribution in [2.45, 2.75) is 25.7 Å². The number of aryl methyl sites for hydroxylation is 1. The monoisotopic (exact) mass is 366 g/mol. The first kappa shape index (κ1) is 19.4. The van der Waals surface area contributed by atoms with Gasteiger partial charge < -0.3 is 9.64 Å². The third-order valence-corrected chi connectivity index (χ3v) is 5.28. The molecule has 0 aromatic heterocycles. The van der Waals surface area contributed by atoms with Crippen LogP contribution in [0.5, 0.6) is 5.75 Å². The summed E-state index contributed by atoms with van der Waals surface area (Å²) in [5, 5.41) is 0. The Kier molecular flexibility index (Phi) is 6.88. The standard InChI is InChI=1S/C23H30N2O2/c1-19-10-12-22(13-11-19)27-16-15-24(2)23(26)18-25-14-6-9-21(17-25)20-7-4-3-5-8-20/h3-5,7-8,10-13,21H,6,9,14-18H2,1-2H3/t21-/m1/s1. The van der Waals surface area contributed by atoms with Crippen molar-refractivity contribution >= 4 is 5.91 Å². The fourth-order valence-corrected chi connectivity index (χ4v) is 3.57. The highest BCUT2D eigenvalue weighted by atomic mass is 16.5. The number of amides is 1. The van der Waals surface area contributed by atoms with E-state index in [1.807, 2.05) is 31.3 Å². The molecule has 3 rings (SSSR count). The molecule has 1 aliphatic rings. The largest absolute Gasteiger partial charge is 0.492 e. The van der Waals surface area contributed by atoms with Crippen molar-refractivity contribution in [2.24, 2.45) is 0 Å². The average molecular weight is 367 g/mol. The highest BCUT2D eigenvalue weighted by Gasteiger charge is 2.23. The lowest BCUT2D eigenvalue weighted by atomic mass is 9.91. The minimum absolute atomic E-state index is 0.163. The Labute approximate surface area is 162 Å². The van der Waals surface area contributed by atoms with Crippen LogP contribution in [0.25, 0.3) is 0 Å². The van der Waals surface area contributed by atoms with E-state index in [0.29, 0.717) is 25.6 Å². The molecule has 0 saturated carbocycles. The zero-order valence-electron chi connectivity index (χ0n) is 16.4. The van der Waals surface area contributed by atoms with Crippen LogP contribution in [0, 0.1) is 6.92 Å². The number of hydrogen-bond donors (Lipinski definition) is 0. The topological polar surface area (TPSA) is 32.8 Å². The highest BCUT2D eigenvalue weighted by Crippen LogP contribution is 2.26. The second kappa shape index (κ2) is 9.56. The predicted octanol–water partition coefficient (Wildman–Crippen LogP) is 3.71. The van der Waals surface area contributed by atoms with Gasteiger partial charge >= 0.3 is 0 Å². The second-order valence-electron chi connectivity index (χ2n) is 7.46. The molecule has 2 aromatic carbocycles. The first-order valence-electron chi connectivity index (χ1n) is 9.82. The Hall–Kier alpha value is -2.33. The van der Waals surface area contributed by atoms with Gasteiger partial charge in [0.2, 0.25) is 5.91 Å². The Balaban J connectivity index is 1.42. The Morgan fingerprint density at radius 2 is 1.89 bits per heavy atom. The summed E-state index contributed by atoms with van der Waals surface area (Å²) in [6.07, 6.45) is 2.35. The fourth-order valence-electron chi connectivity index (χ4n) is 3.57. The number of carbonyl (C=O) groups excluding carboxylic acids is 1. The Morgan fingerprint density at radius 3 is 2.63 bits per heavy atom. The molecule has 27 heavy (non-hydrogen) atoms. The number of piperidine rings is 1. The van der Waals surface area contributed by atoms with E-state index in [0.717, 1.165) is 25.3 Å². The quantitative estimate of drug-likeness (QED) is 0.749. The summed E-state index contributed by atoms with van der Waals surface area (Å²) in [4.78, 5) is 16.6. The highest BCUT2D eigenvalue weighted by molar-refractivity contribution is 5.78. The smallest absolute Gasteiger partial charge is 0.236 e. The van der Waals surface area contributed by atoms with Gasteiger partial charge in [-0.2, -0.15) is 0 Å². The summed E-state index contributed by atoms with van der Waals surface area (Å²) in [5.41, 5.74) is 2.60. The predicted molar refractivity (Wildman–Crippen MR) is 109 cm³/mol. The van der Waals surface area contributed by atoms with Gasteiger partial charge in [0.1, 0.15) is 12.4 Å². The molecule has 0 radical (unpaired) electrons. The molecule has 1 atom stereocenters. The molecule has 1 heterocycles. The van der Waals surface area contributed by atoms with Gasteiger partial charge in [-0.3, -0.25) is 9.69 Å². The van der Waals surface area contributed by atoms with Crippen LogP contribution in [-0.2, 0) is 4.79 Å². The van der Waals surface area contributed by atoms with Crippen molar-refractivity contribution in [3.05, 3.63) is 65.7 Å². The average Bonchev–Trinajstić information content (AvgIpc) is 2.70. The number of hydrogen-bond acceptors (Lipinski definition) is 3. The van der Waals surface area contributed by atoms with Gasteiger partial charge in [0, 0.05) is 13.6 Å². The Bertz CT molecular complexity index is 715. The third-order valence-electron chi connectivity index (χ3n) is 5.28. The van der Waals surface area contributed by atoms with Gasteiger partial charge in [-0.05, 0) is 49.9 Å². The zero-order valence-corrected chi connectivity index (χ0v) is 16.4. The number of likely N-dealkylation sites (N-methyl/N-ethyl adjacent to an activating group) is 1. The molecule has 144 valence electrons. The van der Waals surface area contributed by atoms with Crippen molar-refractivity contribution in [3.8, 4) is 5.75 Å². The maximum atomic E-state index is 12.6. The molecular formula is C23H30N2O2. The summed E-state index contributed by atoms with van der Waals surface area (Å²) in [6, 6.07) is 18.6. The van der Waals surface area contributed by atoms with Gasteiger partial charge in [-0.15, -0.1) is 0 Å². The Morgan fingerprint density at radius 1 is 1.15 bits per heavy atom. The van der Waals surface area contributed by atoms with E-state index in [1.54, 1.807) is 4.90 Å². The van der Waals surface area contributed by atoms with Crippen LogP contribution in [0.15, 0.2) is 54.6 Å². The molecule has 1 fully saturated rings. The molecule has 4 heteroatoms. The van der Waals surface area contributed by atoms with Crippen LogP contribution in [0.3, 0.4) is 0 Å². The van der Waals surface area contributed by atoms with Crippen molar-refractivity contribution < 1.29 is 9.53 Å². The first-order valence-corrected chi connectivity index (χ1v) is 9.82. The normalized spacial score (nSPS) is 17.5. The van der Waals surface area contributed by atoms with E-state index >= 15 is 0 Å². The molecular weight excluding hydrogens is 336 g/mol. The number of ether oxygens (including phenoxy) is 1. The van der Waals surface area contributed by atoms with Crippen LogP contribution in [0.2, 0.25) is 0 Å². The van der Waals surface area contributed by atoms with Crippen LogP contribution in [0.1, 0.15) is 29.9 Å². The summed E-state index contributed by atoms with van der Waals surface area (Å²) >= 11 is 0. The minimum atomic E-state index is 0.163. The van der Waals surface area contributed by atoms with Gasteiger partial charge in [0.15, 0.2) is 0 Å². The van der Waals surface area contributed by atoms with Gasteiger partial charge in [-0.25, -0.2) is 0 Å². The fraction of sp³-hybridized carbons (Fsp3) is 0.435. The van der Waals surface area contributed by atoms with E-state index in [1.165, 1.54) is 17.5 Å². The minimum Gasteiger partial charge on any atom is -0.492 e. The lowest BCUT2D eigenvalue weighted by Crippen LogP contribution is -2.43. The summed E-state index contributed by atoms with van der Waals surface area (Å²) < 4.78 is 5.74.